The summed E-state index contributed by atoms with van der Waals surface area (Å²) in [4.78, 5) is 13.0. The topological polar surface area (TPSA) is 75.8 Å². The van der Waals surface area contributed by atoms with Gasteiger partial charge in [0.05, 0.1) is 19.6 Å². The molecule has 0 spiro atoms. The van der Waals surface area contributed by atoms with Crippen LogP contribution in [0, 0.1) is 0 Å². The van der Waals surface area contributed by atoms with Gasteiger partial charge >= 0.3 is 5.97 Å². The molecule has 0 saturated carbocycles. The summed E-state index contributed by atoms with van der Waals surface area (Å²) in [7, 11) is 5.18. The van der Waals surface area contributed by atoms with Crippen molar-refractivity contribution < 1.29 is 14.6 Å². The fourth-order valence-electron chi connectivity index (χ4n) is 1.60. The zero-order valence-electron chi connectivity index (χ0n) is 11.0. The lowest BCUT2D eigenvalue weighted by atomic mass is 10.0. The fraction of sp³-hybridized carbons (Fsp3) is 0.462. The molecule has 0 heterocycles. The van der Waals surface area contributed by atoms with Crippen LogP contribution >= 0.6 is 0 Å². The Kier molecular flexibility index (Phi) is 5.12. The van der Waals surface area contributed by atoms with Crippen LogP contribution in [-0.2, 0) is 9.53 Å². The Morgan fingerprint density at radius 3 is 2.39 bits per heavy atom. The van der Waals surface area contributed by atoms with Crippen LogP contribution in [0.1, 0.15) is 18.1 Å². The van der Waals surface area contributed by atoms with E-state index >= 15 is 0 Å². The van der Waals surface area contributed by atoms with Crippen molar-refractivity contribution in [2.45, 2.75) is 18.6 Å². The zero-order chi connectivity index (χ0) is 13.7. The van der Waals surface area contributed by atoms with Gasteiger partial charge in [0.15, 0.2) is 0 Å². The van der Waals surface area contributed by atoms with Crippen LogP contribution in [-0.4, -0.2) is 38.3 Å². The molecule has 1 aromatic rings. The largest absolute Gasteiger partial charge is 0.469 e. The first-order valence-corrected chi connectivity index (χ1v) is 5.73. The van der Waals surface area contributed by atoms with Gasteiger partial charge in [-0.25, -0.2) is 0 Å². The molecule has 0 aliphatic heterocycles. The minimum Gasteiger partial charge on any atom is -0.469 e. The number of methoxy groups -OCH3 is 1. The first-order valence-electron chi connectivity index (χ1n) is 5.73. The fourth-order valence-corrected chi connectivity index (χ4v) is 1.60. The Morgan fingerprint density at radius 2 is 1.94 bits per heavy atom. The molecule has 0 aromatic heterocycles. The normalized spacial score (nSPS) is 13.8. The number of carbonyl (C=O) groups excluding carboxylic acids is 1. The van der Waals surface area contributed by atoms with Crippen LogP contribution < -0.4 is 10.6 Å². The SMILES string of the molecule is COC(=O)CC(N)C(O)c1ccc(N(C)C)cc1. The van der Waals surface area contributed by atoms with Gasteiger partial charge in [0.25, 0.3) is 0 Å². The summed E-state index contributed by atoms with van der Waals surface area (Å²) < 4.78 is 4.52. The van der Waals surface area contributed by atoms with Crippen LogP contribution in [0.25, 0.3) is 0 Å². The van der Waals surface area contributed by atoms with Crippen LogP contribution in [0.5, 0.6) is 0 Å². The van der Waals surface area contributed by atoms with Crippen LogP contribution in [0.3, 0.4) is 0 Å². The van der Waals surface area contributed by atoms with E-state index in [0.717, 1.165) is 5.69 Å². The van der Waals surface area contributed by atoms with E-state index < -0.39 is 18.1 Å². The minimum atomic E-state index is -0.875. The second-order valence-corrected chi connectivity index (χ2v) is 4.37. The summed E-state index contributed by atoms with van der Waals surface area (Å²) >= 11 is 0. The highest BCUT2D eigenvalue weighted by molar-refractivity contribution is 5.70. The van der Waals surface area contributed by atoms with E-state index in [0.29, 0.717) is 5.56 Å². The van der Waals surface area contributed by atoms with Crippen molar-refractivity contribution in [3.05, 3.63) is 29.8 Å². The molecule has 2 unspecified atom stereocenters. The Morgan fingerprint density at radius 1 is 1.39 bits per heavy atom. The van der Waals surface area contributed by atoms with Gasteiger partial charge in [-0.2, -0.15) is 0 Å². The Balaban J connectivity index is 2.71. The molecular formula is C13H20N2O3. The molecule has 0 radical (unpaired) electrons. The number of nitrogens with zero attached hydrogens (tertiary/aromatic N) is 1. The summed E-state index contributed by atoms with van der Waals surface area (Å²) in [5, 5.41) is 10.0. The van der Waals surface area contributed by atoms with Gasteiger partial charge in [0.2, 0.25) is 0 Å². The maximum atomic E-state index is 11.1. The first kappa shape index (κ1) is 14.5. The summed E-state index contributed by atoms with van der Waals surface area (Å²) in [5.74, 6) is -0.425. The smallest absolute Gasteiger partial charge is 0.307 e. The van der Waals surface area contributed by atoms with Crippen molar-refractivity contribution in [1.29, 1.82) is 0 Å². The minimum absolute atomic E-state index is 0.00685. The second-order valence-electron chi connectivity index (χ2n) is 4.37. The standard InChI is InChI=1S/C13H20N2O3/c1-15(2)10-6-4-9(5-7-10)13(17)11(14)8-12(16)18-3/h4-7,11,13,17H,8,14H2,1-3H3. The molecule has 0 bridgehead atoms. The highest BCUT2D eigenvalue weighted by Crippen LogP contribution is 2.21. The third-order valence-electron chi connectivity index (χ3n) is 2.79. The van der Waals surface area contributed by atoms with E-state index in [1.165, 1.54) is 7.11 Å². The summed E-state index contributed by atoms with van der Waals surface area (Å²) in [5.41, 5.74) is 7.49. The van der Waals surface area contributed by atoms with Crippen molar-refractivity contribution >= 4 is 11.7 Å². The lowest BCUT2D eigenvalue weighted by molar-refractivity contribution is -0.141. The van der Waals surface area contributed by atoms with Crippen LogP contribution in [0.15, 0.2) is 24.3 Å². The molecule has 1 rings (SSSR count). The number of anilines is 1. The molecule has 0 fully saturated rings. The summed E-state index contributed by atoms with van der Waals surface area (Å²) in [6.45, 7) is 0. The molecule has 5 heteroatoms. The van der Waals surface area contributed by atoms with Gasteiger partial charge < -0.3 is 20.5 Å². The lowest BCUT2D eigenvalue weighted by Gasteiger charge is -2.19. The van der Waals surface area contributed by atoms with Gasteiger partial charge in [-0.05, 0) is 17.7 Å². The molecule has 1 aromatic carbocycles. The van der Waals surface area contributed by atoms with Crippen LogP contribution in [0.4, 0.5) is 5.69 Å². The number of aliphatic hydroxyl groups excluding tert-OH is 1. The van der Waals surface area contributed by atoms with Crippen molar-refractivity contribution in [3.8, 4) is 0 Å². The molecular weight excluding hydrogens is 232 g/mol. The molecule has 18 heavy (non-hydrogen) atoms. The molecule has 0 aliphatic rings. The van der Waals surface area contributed by atoms with Gasteiger partial charge in [0.1, 0.15) is 0 Å². The molecule has 0 saturated heterocycles. The zero-order valence-corrected chi connectivity index (χ0v) is 11.0. The summed E-state index contributed by atoms with van der Waals surface area (Å²) in [6.07, 6.45) is -0.882. The van der Waals surface area contributed by atoms with E-state index in [9.17, 15) is 9.90 Å². The van der Waals surface area contributed by atoms with Gasteiger partial charge in [-0.15, -0.1) is 0 Å². The highest BCUT2D eigenvalue weighted by atomic mass is 16.5. The Labute approximate surface area is 107 Å². The van der Waals surface area contributed by atoms with E-state index in [2.05, 4.69) is 4.74 Å². The number of esters is 1. The molecule has 2 atom stereocenters. The quantitative estimate of drug-likeness (QED) is 0.754. The van der Waals surface area contributed by atoms with Gasteiger partial charge in [-0.3, -0.25) is 4.79 Å². The maximum absolute atomic E-state index is 11.1. The van der Waals surface area contributed by atoms with E-state index in [1.54, 1.807) is 12.1 Å². The first-order chi connectivity index (χ1) is 8.45. The lowest BCUT2D eigenvalue weighted by Crippen LogP contribution is -2.31. The van der Waals surface area contributed by atoms with E-state index in [-0.39, 0.29) is 6.42 Å². The molecule has 5 nitrogen and oxygen atoms in total. The number of ether oxygens (including phenoxy) is 1. The highest BCUT2D eigenvalue weighted by Gasteiger charge is 2.20. The number of benzene rings is 1. The average Bonchev–Trinajstić information content (AvgIpc) is 2.37. The van der Waals surface area contributed by atoms with E-state index in [1.807, 2.05) is 31.1 Å². The second kappa shape index (κ2) is 6.37. The number of hydrogen-bond donors (Lipinski definition) is 2. The van der Waals surface area contributed by atoms with Gasteiger partial charge in [0, 0.05) is 25.8 Å². The number of rotatable bonds is 5. The van der Waals surface area contributed by atoms with Crippen molar-refractivity contribution in [3.63, 3.8) is 0 Å². The third-order valence-corrected chi connectivity index (χ3v) is 2.79. The Bertz CT molecular complexity index is 390. The van der Waals surface area contributed by atoms with Crippen molar-refractivity contribution in [2.75, 3.05) is 26.1 Å². The van der Waals surface area contributed by atoms with E-state index in [4.69, 9.17) is 5.73 Å². The predicted octanol–water partition coefficient (Wildman–Crippen LogP) is 0.676. The predicted molar refractivity (Wildman–Crippen MR) is 70.3 cm³/mol. The number of hydrogen-bond acceptors (Lipinski definition) is 5. The monoisotopic (exact) mass is 252 g/mol. The number of carbonyl (C=O) groups is 1. The molecule has 100 valence electrons. The molecule has 0 amide bonds. The third kappa shape index (κ3) is 3.72. The average molecular weight is 252 g/mol. The van der Waals surface area contributed by atoms with Crippen molar-refractivity contribution in [1.82, 2.24) is 0 Å². The van der Waals surface area contributed by atoms with Crippen molar-refractivity contribution in [2.24, 2.45) is 5.73 Å². The number of nitrogens with two attached hydrogens (primary N) is 1. The number of aliphatic hydroxyl groups is 1. The maximum Gasteiger partial charge on any atom is 0.307 e. The molecule has 3 N–H and O–H groups in total. The Hall–Kier alpha value is -1.59. The van der Waals surface area contributed by atoms with Gasteiger partial charge in [-0.1, -0.05) is 12.1 Å². The summed E-state index contributed by atoms with van der Waals surface area (Å²) in [6, 6.07) is 6.73. The molecule has 0 aliphatic carbocycles. The van der Waals surface area contributed by atoms with Crippen LogP contribution in [0.2, 0.25) is 0 Å².